The molecule has 1 aromatic carbocycles. The van der Waals surface area contributed by atoms with Crippen molar-refractivity contribution < 1.29 is 9.90 Å². The van der Waals surface area contributed by atoms with Crippen molar-refractivity contribution in [3.05, 3.63) is 35.9 Å². The van der Waals surface area contributed by atoms with Crippen molar-refractivity contribution in [2.75, 3.05) is 26.2 Å². The maximum Gasteiger partial charge on any atom is 0.254 e. The van der Waals surface area contributed by atoms with Gasteiger partial charge in [-0.05, 0) is 31.2 Å². The molecular weight excluding hydrogens is 264 g/mol. The second-order valence-corrected chi connectivity index (χ2v) is 6.29. The SMILES string of the molecule is O=C(N1CCN(Cc2ccccc2)CC1)C1(O)CCCC1. The molecule has 2 fully saturated rings. The average Bonchev–Trinajstić information content (AvgIpc) is 2.96. The zero-order valence-electron chi connectivity index (χ0n) is 12.5. The van der Waals surface area contributed by atoms with Crippen LogP contribution in [-0.2, 0) is 11.3 Å². The Labute approximate surface area is 126 Å². The number of carbonyl (C=O) groups excluding carboxylic acids is 1. The van der Waals surface area contributed by atoms with E-state index in [0.29, 0.717) is 12.8 Å². The first-order valence-electron chi connectivity index (χ1n) is 7.95. The number of hydrogen-bond acceptors (Lipinski definition) is 3. The van der Waals surface area contributed by atoms with Crippen LogP contribution in [-0.4, -0.2) is 52.6 Å². The Hall–Kier alpha value is -1.39. The first-order chi connectivity index (χ1) is 10.2. The number of rotatable bonds is 3. The Kier molecular flexibility index (Phi) is 4.27. The van der Waals surface area contributed by atoms with Gasteiger partial charge in [-0.3, -0.25) is 9.69 Å². The second kappa shape index (κ2) is 6.16. The van der Waals surface area contributed by atoms with Crippen LogP contribution in [0.15, 0.2) is 30.3 Å². The van der Waals surface area contributed by atoms with Crippen LogP contribution < -0.4 is 0 Å². The number of aliphatic hydroxyl groups is 1. The highest BCUT2D eigenvalue weighted by Crippen LogP contribution is 2.31. The standard InChI is InChI=1S/C17H24N2O2/c20-16(17(21)8-4-5-9-17)19-12-10-18(11-13-19)14-15-6-2-1-3-7-15/h1-3,6-7,21H,4-5,8-14H2. The molecule has 21 heavy (non-hydrogen) atoms. The smallest absolute Gasteiger partial charge is 0.254 e. The van der Waals surface area contributed by atoms with Gasteiger partial charge < -0.3 is 10.0 Å². The van der Waals surface area contributed by atoms with E-state index in [1.165, 1.54) is 5.56 Å². The molecule has 1 saturated carbocycles. The summed E-state index contributed by atoms with van der Waals surface area (Å²) in [5.41, 5.74) is 0.244. The van der Waals surface area contributed by atoms with Crippen LogP contribution in [0.25, 0.3) is 0 Å². The monoisotopic (exact) mass is 288 g/mol. The Balaban J connectivity index is 1.52. The van der Waals surface area contributed by atoms with Crippen LogP contribution in [0.1, 0.15) is 31.2 Å². The minimum absolute atomic E-state index is 0.0423. The zero-order chi connectivity index (χ0) is 14.7. The zero-order valence-corrected chi connectivity index (χ0v) is 12.5. The molecule has 1 aromatic rings. The van der Waals surface area contributed by atoms with Gasteiger partial charge >= 0.3 is 0 Å². The predicted molar refractivity (Wildman–Crippen MR) is 81.7 cm³/mol. The fraction of sp³-hybridized carbons (Fsp3) is 0.588. The third-order valence-corrected chi connectivity index (χ3v) is 4.74. The number of nitrogens with zero attached hydrogens (tertiary/aromatic N) is 2. The lowest BCUT2D eigenvalue weighted by Crippen LogP contribution is -2.54. The highest BCUT2D eigenvalue weighted by Gasteiger charge is 2.42. The first kappa shape index (κ1) is 14.5. The van der Waals surface area contributed by atoms with Crippen molar-refractivity contribution in [1.29, 1.82) is 0 Å². The summed E-state index contributed by atoms with van der Waals surface area (Å²) in [5, 5.41) is 10.4. The van der Waals surface area contributed by atoms with E-state index in [4.69, 9.17) is 0 Å². The molecule has 2 aliphatic rings. The highest BCUT2D eigenvalue weighted by molar-refractivity contribution is 5.85. The minimum atomic E-state index is -1.07. The van der Waals surface area contributed by atoms with Gasteiger partial charge in [0.2, 0.25) is 0 Å². The molecule has 1 aliphatic heterocycles. The van der Waals surface area contributed by atoms with E-state index in [-0.39, 0.29) is 5.91 Å². The summed E-state index contributed by atoms with van der Waals surface area (Å²) in [6, 6.07) is 10.4. The molecule has 4 nitrogen and oxygen atoms in total. The minimum Gasteiger partial charge on any atom is -0.380 e. The molecule has 1 saturated heterocycles. The summed E-state index contributed by atoms with van der Waals surface area (Å²) in [6.07, 6.45) is 3.21. The molecule has 0 bridgehead atoms. The molecular formula is C17H24N2O2. The van der Waals surface area contributed by atoms with E-state index in [1.807, 2.05) is 11.0 Å². The van der Waals surface area contributed by atoms with Gasteiger partial charge in [-0.25, -0.2) is 0 Å². The van der Waals surface area contributed by atoms with E-state index in [9.17, 15) is 9.90 Å². The summed E-state index contributed by atoms with van der Waals surface area (Å²) in [7, 11) is 0. The molecule has 114 valence electrons. The number of amides is 1. The van der Waals surface area contributed by atoms with E-state index in [2.05, 4.69) is 29.2 Å². The lowest BCUT2D eigenvalue weighted by atomic mass is 10.00. The van der Waals surface area contributed by atoms with Gasteiger partial charge in [-0.15, -0.1) is 0 Å². The van der Waals surface area contributed by atoms with E-state index < -0.39 is 5.60 Å². The molecule has 0 aromatic heterocycles. The van der Waals surface area contributed by atoms with Crippen molar-refractivity contribution in [2.45, 2.75) is 37.8 Å². The summed E-state index contributed by atoms with van der Waals surface area (Å²) < 4.78 is 0. The van der Waals surface area contributed by atoms with Crippen molar-refractivity contribution in [3.63, 3.8) is 0 Å². The normalized spacial score (nSPS) is 22.4. The summed E-state index contributed by atoms with van der Waals surface area (Å²) in [5.74, 6) is -0.0423. The van der Waals surface area contributed by atoms with E-state index in [1.54, 1.807) is 0 Å². The third kappa shape index (κ3) is 3.27. The van der Waals surface area contributed by atoms with Crippen molar-refractivity contribution in [1.82, 2.24) is 9.80 Å². The summed E-state index contributed by atoms with van der Waals surface area (Å²) in [4.78, 5) is 16.7. The average molecular weight is 288 g/mol. The lowest BCUT2D eigenvalue weighted by molar-refractivity contribution is -0.152. The largest absolute Gasteiger partial charge is 0.380 e. The highest BCUT2D eigenvalue weighted by atomic mass is 16.3. The maximum atomic E-state index is 12.4. The maximum absolute atomic E-state index is 12.4. The Morgan fingerprint density at radius 3 is 2.29 bits per heavy atom. The second-order valence-electron chi connectivity index (χ2n) is 6.29. The number of hydrogen-bond donors (Lipinski definition) is 1. The van der Waals surface area contributed by atoms with Crippen molar-refractivity contribution >= 4 is 5.91 Å². The van der Waals surface area contributed by atoms with E-state index >= 15 is 0 Å². The van der Waals surface area contributed by atoms with Crippen molar-refractivity contribution in [3.8, 4) is 0 Å². The Morgan fingerprint density at radius 1 is 1.05 bits per heavy atom. The van der Waals surface area contributed by atoms with E-state index in [0.717, 1.165) is 45.6 Å². The van der Waals surface area contributed by atoms with Crippen LogP contribution >= 0.6 is 0 Å². The fourth-order valence-electron chi connectivity index (χ4n) is 3.42. The van der Waals surface area contributed by atoms with Gasteiger partial charge in [-0.1, -0.05) is 30.3 Å². The number of carbonyl (C=O) groups is 1. The number of benzene rings is 1. The van der Waals surface area contributed by atoms with Gasteiger partial charge in [0, 0.05) is 32.7 Å². The van der Waals surface area contributed by atoms with Gasteiger partial charge in [-0.2, -0.15) is 0 Å². The Bertz CT molecular complexity index is 475. The molecule has 0 spiro atoms. The Morgan fingerprint density at radius 2 is 1.67 bits per heavy atom. The molecule has 0 atom stereocenters. The first-order valence-corrected chi connectivity index (χ1v) is 7.95. The number of piperazine rings is 1. The molecule has 1 N–H and O–H groups in total. The van der Waals surface area contributed by atoms with Crippen molar-refractivity contribution in [2.24, 2.45) is 0 Å². The molecule has 1 aliphatic carbocycles. The fourth-order valence-corrected chi connectivity index (χ4v) is 3.42. The van der Waals surface area contributed by atoms with Crippen LogP contribution in [0.5, 0.6) is 0 Å². The lowest BCUT2D eigenvalue weighted by Gasteiger charge is -2.38. The molecule has 1 heterocycles. The molecule has 4 heteroatoms. The molecule has 3 rings (SSSR count). The molecule has 0 unspecified atom stereocenters. The predicted octanol–water partition coefficient (Wildman–Crippen LogP) is 1.64. The molecule has 1 amide bonds. The topological polar surface area (TPSA) is 43.8 Å². The quantitative estimate of drug-likeness (QED) is 0.919. The van der Waals surface area contributed by atoms with Gasteiger partial charge in [0.1, 0.15) is 5.60 Å². The van der Waals surface area contributed by atoms with Gasteiger partial charge in [0.05, 0.1) is 0 Å². The summed E-state index contributed by atoms with van der Waals surface area (Å²) in [6.45, 7) is 4.17. The van der Waals surface area contributed by atoms with Crippen LogP contribution in [0.2, 0.25) is 0 Å². The van der Waals surface area contributed by atoms with Gasteiger partial charge in [0.15, 0.2) is 0 Å². The van der Waals surface area contributed by atoms with Crippen LogP contribution in [0.4, 0.5) is 0 Å². The van der Waals surface area contributed by atoms with Crippen LogP contribution in [0, 0.1) is 0 Å². The van der Waals surface area contributed by atoms with Gasteiger partial charge in [0.25, 0.3) is 5.91 Å². The molecule has 0 radical (unpaired) electrons. The summed E-state index contributed by atoms with van der Waals surface area (Å²) >= 11 is 0. The van der Waals surface area contributed by atoms with Crippen LogP contribution in [0.3, 0.4) is 0 Å². The third-order valence-electron chi connectivity index (χ3n) is 4.74.